The number of nitrogens with one attached hydrogen (secondary N) is 1. The van der Waals surface area contributed by atoms with Crippen LogP contribution in [0.4, 0.5) is 5.82 Å². The van der Waals surface area contributed by atoms with Crippen molar-refractivity contribution in [1.82, 2.24) is 9.78 Å². The van der Waals surface area contributed by atoms with Gasteiger partial charge in [0.1, 0.15) is 5.82 Å². The average Bonchev–Trinajstić information content (AvgIpc) is 2.74. The lowest BCUT2D eigenvalue weighted by atomic mass is 10.3. The summed E-state index contributed by atoms with van der Waals surface area (Å²) in [7, 11) is 0. The molecule has 0 radical (unpaired) electrons. The van der Waals surface area contributed by atoms with Crippen LogP contribution in [-0.4, -0.2) is 27.8 Å². The summed E-state index contributed by atoms with van der Waals surface area (Å²) >= 11 is 2.00. The monoisotopic (exact) mass is 241 g/mol. The minimum atomic E-state index is 1.02. The van der Waals surface area contributed by atoms with Gasteiger partial charge in [-0.25, -0.2) is 4.68 Å². The second kappa shape index (κ2) is 8.50. The van der Waals surface area contributed by atoms with Gasteiger partial charge in [0.15, 0.2) is 0 Å². The Morgan fingerprint density at radius 2 is 2.25 bits per heavy atom. The summed E-state index contributed by atoms with van der Waals surface area (Å²) in [4.78, 5) is 0. The van der Waals surface area contributed by atoms with E-state index in [1.165, 1.54) is 30.8 Å². The SMILES string of the molecule is CCCCn1nccc1NCCCSCC. The minimum Gasteiger partial charge on any atom is -0.370 e. The van der Waals surface area contributed by atoms with Gasteiger partial charge in [-0.3, -0.25) is 0 Å². The third kappa shape index (κ3) is 4.92. The molecule has 1 rings (SSSR count). The van der Waals surface area contributed by atoms with Crippen LogP contribution in [0.5, 0.6) is 0 Å². The van der Waals surface area contributed by atoms with Crippen LogP contribution >= 0.6 is 11.8 Å². The fourth-order valence-corrected chi connectivity index (χ4v) is 2.14. The zero-order chi connectivity index (χ0) is 11.6. The summed E-state index contributed by atoms with van der Waals surface area (Å²) in [5, 5.41) is 7.77. The van der Waals surface area contributed by atoms with Crippen LogP contribution in [0.2, 0.25) is 0 Å². The normalized spacial score (nSPS) is 10.6. The number of nitrogens with zero attached hydrogens (tertiary/aromatic N) is 2. The van der Waals surface area contributed by atoms with Crippen molar-refractivity contribution in [2.75, 3.05) is 23.4 Å². The van der Waals surface area contributed by atoms with E-state index in [0.717, 1.165) is 18.9 Å². The van der Waals surface area contributed by atoms with Gasteiger partial charge in [0.25, 0.3) is 0 Å². The van der Waals surface area contributed by atoms with Crippen LogP contribution in [0.3, 0.4) is 0 Å². The largest absolute Gasteiger partial charge is 0.370 e. The molecule has 0 atom stereocenters. The maximum Gasteiger partial charge on any atom is 0.124 e. The first-order valence-corrected chi connectivity index (χ1v) is 7.37. The van der Waals surface area contributed by atoms with Crippen molar-refractivity contribution >= 4 is 17.6 Å². The maximum absolute atomic E-state index is 4.32. The predicted molar refractivity (Wildman–Crippen MR) is 73.2 cm³/mol. The Morgan fingerprint density at radius 3 is 3.00 bits per heavy atom. The first-order valence-electron chi connectivity index (χ1n) is 6.22. The second-order valence-corrected chi connectivity index (χ2v) is 5.16. The number of aryl methyl sites for hydroxylation is 1. The van der Waals surface area contributed by atoms with Crippen molar-refractivity contribution in [2.45, 2.75) is 39.7 Å². The maximum atomic E-state index is 4.32. The standard InChI is InChI=1S/C12H23N3S/c1-3-5-10-15-12(7-9-14-15)13-8-6-11-16-4-2/h7,9,13H,3-6,8,10-11H2,1-2H3. The van der Waals surface area contributed by atoms with E-state index in [1.54, 1.807) is 0 Å². The summed E-state index contributed by atoms with van der Waals surface area (Å²) in [5.41, 5.74) is 0. The molecule has 0 unspecified atom stereocenters. The van der Waals surface area contributed by atoms with Gasteiger partial charge in [-0.05, 0) is 24.3 Å². The van der Waals surface area contributed by atoms with Gasteiger partial charge in [-0.1, -0.05) is 20.3 Å². The fourth-order valence-electron chi connectivity index (χ4n) is 1.50. The van der Waals surface area contributed by atoms with Gasteiger partial charge in [0.2, 0.25) is 0 Å². The first-order chi connectivity index (χ1) is 7.88. The molecule has 0 saturated carbocycles. The van der Waals surface area contributed by atoms with Crippen molar-refractivity contribution < 1.29 is 0 Å². The number of rotatable bonds is 9. The summed E-state index contributed by atoms with van der Waals surface area (Å²) in [6.45, 7) is 6.48. The van der Waals surface area contributed by atoms with Gasteiger partial charge in [-0.15, -0.1) is 0 Å². The molecule has 0 saturated heterocycles. The number of anilines is 1. The van der Waals surface area contributed by atoms with Gasteiger partial charge < -0.3 is 5.32 Å². The van der Waals surface area contributed by atoms with Crippen molar-refractivity contribution in [3.8, 4) is 0 Å². The number of hydrogen-bond acceptors (Lipinski definition) is 3. The molecule has 0 aliphatic heterocycles. The van der Waals surface area contributed by atoms with Crippen LogP contribution < -0.4 is 5.32 Å². The average molecular weight is 241 g/mol. The van der Waals surface area contributed by atoms with Crippen molar-refractivity contribution in [3.63, 3.8) is 0 Å². The van der Waals surface area contributed by atoms with Crippen LogP contribution in [0, 0.1) is 0 Å². The lowest BCUT2D eigenvalue weighted by Gasteiger charge is -2.09. The number of thioether (sulfide) groups is 1. The van der Waals surface area contributed by atoms with E-state index in [0.29, 0.717) is 0 Å². The molecule has 0 fully saturated rings. The summed E-state index contributed by atoms with van der Waals surface area (Å²) in [6.07, 6.45) is 5.50. The number of aromatic nitrogens is 2. The van der Waals surface area contributed by atoms with E-state index in [1.807, 2.05) is 18.0 Å². The molecule has 3 nitrogen and oxygen atoms in total. The molecule has 1 N–H and O–H groups in total. The van der Waals surface area contributed by atoms with Crippen LogP contribution in [0.25, 0.3) is 0 Å². The van der Waals surface area contributed by atoms with Crippen LogP contribution in [0.15, 0.2) is 12.3 Å². The third-order valence-corrected chi connectivity index (χ3v) is 3.40. The highest BCUT2D eigenvalue weighted by Crippen LogP contribution is 2.08. The topological polar surface area (TPSA) is 29.9 Å². The molecule has 0 spiro atoms. The minimum absolute atomic E-state index is 1.02. The van der Waals surface area contributed by atoms with Gasteiger partial charge in [0.05, 0.1) is 6.20 Å². The van der Waals surface area contributed by atoms with Crippen LogP contribution in [0.1, 0.15) is 33.1 Å². The summed E-state index contributed by atoms with van der Waals surface area (Å²) in [5.74, 6) is 3.62. The zero-order valence-corrected chi connectivity index (χ0v) is 11.2. The molecule has 92 valence electrons. The Kier molecular flexibility index (Phi) is 7.14. The molecule has 4 heteroatoms. The zero-order valence-electron chi connectivity index (χ0n) is 10.4. The molecule has 0 aromatic carbocycles. The molecule has 1 aromatic heterocycles. The number of unbranched alkanes of at least 4 members (excludes halogenated alkanes) is 1. The van der Waals surface area contributed by atoms with E-state index in [4.69, 9.17) is 0 Å². The van der Waals surface area contributed by atoms with E-state index < -0.39 is 0 Å². The lowest BCUT2D eigenvalue weighted by Crippen LogP contribution is -2.09. The first kappa shape index (κ1) is 13.4. The molecule has 0 aliphatic carbocycles. The Labute approximate surface area is 103 Å². The van der Waals surface area contributed by atoms with Crippen molar-refractivity contribution in [2.24, 2.45) is 0 Å². The highest BCUT2D eigenvalue weighted by Gasteiger charge is 2.00. The lowest BCUT2D eigenvalue weighted by molar-refractivity contribution is 0.576. The van der Waals surface area contributed by atoms with Crippen LogP contribution in [-0.2, 0) is 6.54 Å². The Balaban J connectivity index is 2.22. The molecule has 0 bridgehead atoms. The molecular formula is C12H23N3S. The molecule has 0 amide bonds. The predicted octanol–water partition coefficient (Wildman–Crippen LogP) is 3.24. The summed E-state index contributed by atoms with van der Waals surface area (Å²) in [6, 6.07) is 2.06. The van der Waals surface area contributed by atoms with Gasteiger partial charge >= 0.3 is 0 Å². The smallest absolute Gasteiger partial charge is 0.124 e. The summed E-state index contributed by atoms with van der Waals surface area (Å²) < 4.78 is 2.07. The highest BCUT2D eigenvalue weighted by atomic mass is 32.2. The van der Waals surface area contributed by atoms with E-state index in [-0.39, 0.29) is 0 Å². The van der Waals surface area contributed by atoms with E-state index >= 15 is 0 Å². The van der Waals surface area contributed by atoms with E-state index in [9.17, 15) is 0 Å². The van der Waals surface area contributed by atoms with Crippen molar-refractivity contribution in [1.29, 1.82) is 0 Å². The van der Waals surface area contributed by atoms with Gasteiger partial charge in [0, 0.05) is 19.2 Å². The third-order valence-electron chi connectivity index (χ3n) is 2.42. The molecule has 0 aliphatic rings. The number of hydrogen-bond donors (Lipinski definition) is 1. The quantitative estimate of drug-likeness (QED) is 0.673. The molecule has 1 aromatic rings. The van der Waals surface area contributed by atoms with Gasteiger partial charge in [-0.2, -0.15) is 16.9 Å². The second-order valence-electron chi connectivity index (χ2n) is 3.77. The highest BCUT2D eigenvalue weighted by molar-refractivity contribution is 7.99. The van der Waals surface area contributed by atoms with E-state index in [2.05, 4.69) is 35.0 Å². The molecule has 1 heterocycles. The van der Waals surface area contributed by atoms with Crippen molar-refractivity contribution in [3.05, 3.63) is 12.3 Å². The Hall–Kier alpha value is -0.640. The fraction of sp³-hybridized carbons (Fsp3) is 0.750. The Bertz CT molecular complexity index is 273. The Morgan fingerprint density at radius 1 is 1.38 bits per heavy atom. The molecular weight excluding hydrogens is 218 g/mol. The molecule has 16 heavy (non-hydrogen) atoms.